The Morgan fingerprint density at radius 2 is 2.06 bits per heavy atom. The van der Waals surface area contributed by atoms with Crippen LogP contribution in [0.5, 0.6) is 0 Å². The molecule has 2 rings (SSSR count). The van der Waals surface area contributed by atoms with Crippen LogP contribution in [0.4, 0.5) is 11.5 Å². The number of rotatable bonds is 2. The Labute approximate surface area is 103 Å². The molecule has 0 saturated carbocycles. The van der Waals surface area contributed by atoms with E-state index in [2.05, 4.69) is 40.1 Å². The third-order valence-corrected chi connectivity index (χ3v) is 2.76. The fourth-order valence-electron chi connectivity index (χ4n) is 1.67. The van der Waals surface area contributed by atoms with Crippen LogP contribution in [-0.4, -0.2) is 11.0 Å². The highest BCUT2D eigenvalue weighted by Gasteiger charge is 2.06. The molecule has 0 aliphatic carbocycles. The smallest absolute Gasteiger partial charge is 0.134 e. The quantitative estimate of drug-likeness (QED) is 0.829. The second-order valence-electron chi connectivity index (χ2n) is 4.05. The van der Waals surface area contributed by atoms with E-state index >= 15 is 0 Å². The summed E-state index contributed by atoms with van der Waals surface area (Å²) < 4.78 is 0.970. The normalized spacial score (nSPS) is 11.0. The van der Waals surface area contributed by atoms with Crippen molar-refractivity contribution < 1.29 is 0 Å². The van der Waals surface area contributed by atoms with Gasteiger partial charge in [-0.25, -0.2) is 4.98 Å². The molecule has 0 radical (unpaired) electrons. The van der Waals surface area contributed by atoms with E-state index in [4.69, 9.17) is 5.73 Å². The summed E-state index contributed by atoms with van der Waals surface area (Å²) in [5, 5.41) is 5.39. The maximum Gasteiger partial charge on any atom is 0.134 e. The van der Waals surface area contributed by atoms with Crippen LogP contribution in [-0.2, 0) is 0 Å². The molecule has 0 unspecified atom stereocenters. The lowest BCUT2D eigenvalue weighted by Crippen LogP contribution is -2.11. The Kier molecular flexibility index (Phi) is 3.01. The Bertz CT molecular complexity index is 523. The minimum absolute atomic E-state index is 0.346. The molecule has 0 amide bonds. The number of aromatic nitrogens is 1. The molecule has 1 aromatic carbocycles. The molecule has 4 heteroatoms. The van der Waals surface area contributed by atoms with Gasteiger partial charge >= 0.3 is 0 Å². The van der Waals surface area contributed by atoms with Gasteiger partial charge in [-0.2, -0.15) is 0 Å². The summed E-state index contributed by atoms with van der Waals surface area (Å²) in [4.78, 5) is 4.34. The van der Waals surface area contributed by atoms with Gasteiger partial charge in [0.2, 0.25) is 0 Å². The molecule has 0 aliphatic rings. The fraction of sp³-hybridized carbons (Fsp3) is 0.250. The van der Waals surface area contributed by atoms with Crippen LogP contribution in [0.1, 0.15) is 13.8 Å². The van der Waals surface area contributed by atoms with E-state index in [1.54, 1.807) is 6.20 Å². The Morgan fingerprint density at radius 1 is 1.31 bits per heavy atom. The van der Waals surface area contributed by atoms with E-state index in [0.717, 1.165) is 26.8 Å². The van der Waals surface area contributed by atoms with Crippen molar-refractivity contribution in [3.05, 3.63) is 28.9 Å². The van der Waals surface area contributed by atoms with Crippen molar-refractivity contribution in [3.63, 3.8) is 0 Å². The van der Waals surface area contributed by atoms with Crippen LogP contribution in [0.25, 0.3) is 10.8 Å². The maximum atomic E-state index is 5.97. The molecular formula is C12H14BrN3. The predicted octanol–water partition coefficient (Wildman–Crippen LogP) is 3.40. The maximum absolute atomic E-state index is 5.97. The third kappa shape index (κ3) is 2.11. The molecule has 1 heterocycles. The van der Waals surface area contributed by atoms with Crippen molar-refractivity contribution >= 4 is 38.2 Å². The van der Waals surface area contributed by atoms with Gasteiger partial charge in [0.15, 0.2) is 0 Å². The van der Waals surface area contributed by atoms with Crippen molar-refractivity contribution in [2.75, 3.05) is 11.1 Å². The second-order valence-corrected chi connectivity index (χ2v) is 4.96. The van der Waals surface area contributed by atoms with Crippen LogP contribution in [0.3, 0.4) is 0 Å². The average Bonchev–Trinajstić information content (AvgIpc) is 2.18. The zero-order chi connectivity index (χ0) is 11.7. The topological polar surface area (TPSA) is 50.9 Å². The van der Waals surface area contributed by atoms with E-state index < -0.39 is 0 Å². The molecule has 0 saturated heterocycles. The van der Waals surface area contributed by atoms with E-state index in [-0.39, 0.29) is 0 Å². The van der Waals surface area contributed by atoms with Gasteiger partial charge in [-0.15, -0.1) is 0 Å². The summed E-state index contributed by atoms with van der Waals surface area (Å²) in [6, 6.07) is 6.21. The molecule has 1 aromatic heterocycles. The minimum atomic E-state index is 0.346. The zero-order valence-corrected chi connectivity index (χ0v) is 10.9. The van der Waals surface area contributed by atoms with Gasteiger partial charge in [0, 0.05) is 33.2 Å². The first kappa shape index (κ1) is 11.2. The summed E-state index contributed by atoms with van der Waals surface area (Å²) in [6.07, 6.45) is 1.78. The molecule has 0 spiro atoms. The van der Waals surface area contributed by atoms with Crippen LogP contribution >= 0.6 is 15.9 Å². The number of hydrogen-bond donors (Lipinski definition) is 2. The first-order valence-corrected chi connectivity index (χ1v) is 5.97. The number of nitrogens with one attached hydrogen (secondary N) is 1. The average molecular weight is 280 g/mol. The highest BCUT2D eigenvalue weighted by molar-refractivity contribution is 9.10. The summed E-state index contributed by atoms with van der Waals surface area (Å²) >= 11 is 3.45. The number of pyridine rings is 1. The summed E-state index contributed by atoms with van der Waals surface area (Å²) in [5.41, 5.74) is 6.73. The van der Waals surface area contributed by atoms with Gasteiger partial charge in [-0.05, 0) is 32.0 Å². The number of anilines is 2. The molecule has 2 aromatic rings. The molecule has 3 N–H and O–H groups in total. The molecule has 3 nitrogen and oxygen atoms in total. The number of hydrogen-bond acceptors (Lipinski definition) is 3. The largest absolute Gasteiger partial charge is 0.398 e. The predicted molar refractivity (Wildman–Crippen MR) is 72.6 cm³/mol. The molecule has 0 fully saturated rings. The molecule has 0 aliphatic heterocycles. The van der Waals surface area contributed by atoms with Gasteiger partial charge in [0.1, 0.15) is 5.82 Å². The van der Waals surface area contributed by atoms with E-state index in [1.807, 2.05) is 18.2 Å². The Hall–Kier alpha value is -1.29. The lowest BCUT2D eigenvalue weighted by atomic mass is 10.1. The molecule has 16 heavy (non-hydrogen) atoms. The van der Waals surface area contributed by atoms with Crippen molar-refractivity contribution in [3.8, 4) is 0 Å². The second kappa shape index (κ2) is 4.29. The summed E-state index contributed by atoms with van der Waals surface area (Å²) in [5.74, 6) is 0.875. The van der Waals surface area contributed by atoms with Crippen LogP contribution < -0.4 is 11.1 Å². The van der Waals surface area contributed by atoms with Crippen LogP contribution in [0.15, 0.2) is 28.9 Å². The van der Waals surface area contributed by atoms with Crippen molar-refractivity contribution in [2.45, 2.75) is 19.9 Å². The van der Waals surface area contributed by atoms with Crippen molar-refractivity contribution in [1.82, 2.24) is 4.98 Å². The molecule has 0 bridgehead atoms. The third-order valence-electron chi connectivity index (χ3n) is 2.30. The number of nitrogen functional groups attached to an aromatic ring is 1. The highest BCUT2D eigenvalue weighted by Crippen LogP contribution is 2.30. The van der Waals surface area contributed by atoms with Gasteiger partial charge < -0.3 is 11.1 Å². The summed E-state index contributed by atoms with van der Waals surface area (Å²) in [7, 11) is 0. The first-order chi connectivity index (χ1) is 7.58. The van der Waals surface area contributed by atoms with Gasteiger partial charge in [0.05, 0.1) is 0 Å². The fourth-order valence-corrected chi connectivity index (χ4v) is 2.14. The SMILES string of the molecule is CC(C)Nc1nccc2c(N)cc(Br)cc12. The Morgan fingerprint density at radius 3 is 2.75 bits per heavy atom. The lowest BCUT2D eigenvalue weighted by molar-refractivity contribution is 0.892. The lowest BCUT2D eigenvalue weighted by Gasteiger charge is -2.12. The Balaban J connectivity index is 2.66. The van der Waals surface area contributed by atoms with Crippen LogP contribution in [0.2, 0.25) is 0 Å². The zero-order valence-electron chi connectivity index (χ0n) is 9.29. The number of nitrogens with zero attached hydrogens (tertiary/aromatic N) is 1. The molecule has 84 valence electrons. The van der Waals surface area contributed by atoms with Gasteiger partial charge in [0.25, 0.3) is 0 Å². The standard InChI is InChI=1S/C12H14BrN3/c1-7(2)16-12-10-5-8(13)6-11(14)9(10)3-4-15-12/h3-7H,14H2,1-2H3,(H,15,16). The van der Waals surface area contributed by atoms with Gasteiger partial charge in [-0.3, -0.25) is 0 Å². The number of benzene rings is 1. The highest BCUT2D eigenvalue weighted by atomic mass is 79.9. The number of fused-ring (bicyclic) bond motifs is 1. The van der Waals surface area contributed by atoms with E-state index in [1.165, 1.54) is 0 Å². The van der Waals surface area contributed by atoms with E-state index in [0.29, 0.717) is 6.04 Å². The van der Waals surface area contributed by atoms with Gasteiger partial charge in [-0.1, -0.05) is 15.9 Å². The molecular weight excluding hydrogens is 266 g/mol. The minimum Gasteiger partial charge on any atom is -0.398 e. The van der Waals surface area contributed by atoms with E-state index in [9.17, 15) is 0 Å². The number of nitrogens with two attached hydrogens (primary N) is 1. The number of halogens is 1. The first-order valence-electron chi connectivity index (χ1n) is 5.18. The monoisotopic (exact) mass is 279 g/mol. The van der Waals surface area contributed by atoms with Crippen molar-refractivity contribution in [2.24, 2.45) is 0 Å². The molecule has 0 atom stereocenters. The summed E-state index contributed by atoms with van der Waals surface area (Å²) in [6.45, 7) is 4.17. The van der Waals surface area contributed by atoms with Crippen molar-refractivity contribution in [1.29, 1.82) is 0 Å². The van der Waals surface area contributed by atoms with Crippen LogP contribution in [0, 0.1) is 0 Å².